The summed E-state index contributed by atoms with van der Waals surface area (Å²) in [6.45, 7) is 38.1. The van der Waals surface area contributed by atoms with Crippen molar-refractivity contribution >= 4 is 71.8 Å². The number of rotatable bonds is 4. The number of fused-ring (bicyclic) bond motifs is 16. The molecule has 13 heteroatoms. The van der Waals surface area contributed by atoms with E-state index in [0.717, 1.165) is 75.7 Å². The zero-order valence-electron chi connectivity index (χ0n) is 47.6. The Kier molecular flexibility index (Phi) is 14.9. The van der Waals surface area contributed by atoms with E-state index in [1.165, 1.54) is 73.6 Å². The van der Waals surface area contributed by atoms with Crippen molar-refractivity contribution < 1.29 is 33.9 Å². The molecule has 18 atom stereocenters. The summed E-state index contributed by atoms with van der Waals surface area (Å²) in [5, 5.41) is 28.8. The quantitative estimate of drug-likeness (QED) is 0.119. The summed E-state index contributed by atoms with van der Waals surface area (Å²) in [7, 11) is 0. The molecule has 416 valence electrons. The maximum atomic E-state index is 13.3. The van der Waals surface area contributed by atoms with E-state index in [2.05, 4.69) is 172 Å². The number of hydrogen-bond acceptors (Lipinski definition) is 7. The van der Waals surface area contributed by atoms with Crippen molar-refractivity contribution in [2.75, 3.05) is 0 Å². The summed E-state index contributed by atoms with van der Waals surface area (Å²) in [6, 6.07) is 0. The number of nitrogens with one attached hydrogen (secondary N) is 1. The van der Waals surface area contributed by atoms with Crippen LogP contribution in [0.15, 0.2) is 45.7 Å². The van der Waals surface area contributed by atoms with Crippen molar-refractivity contribution in [1.29, 1.82) is 0 Å². The van der Waals surface area contributed by atoms with Gasteiger partial charge in [-0.15, -0.1) is 0 Å². The Hall–Kier alpha value is -0.426. The molecule has 0 radical (unpaired) electrons. The van der Waals surface area contributed by atoms with Gasteiger partial charge in [-0.2, -0.15) is 0 Å². The first kappa shape index (κ1) is 57.8. The molecule has 2 aromatic rings. The van der Waals surface area contributed by atoms with E-state index in [1.54, 1.807) is 0 Å². The monoisotopic (exact) mass is 1410 g/mol. The van der Waals surface area contributed by atoms with Crippen molar-refractivity contribution in [2.24, 2.45) is 102 Å². The van der Waals surface area contributed by atoms with Gasteiger partial charge in [0.15, 0.2) is 0 Å². The molecule has 2 heterocycles. The van der Waals surface area contributed by atoms with Crippen LogP contribution in [-0.4, -0.2) is 32.5 Å². The van der Waals surface area contributed by atoms with Gasteiger partial charge >= 0.3 is 70.8 Å². The van der Waals surface area contributed by atoms with Gasteiger partial charge in [0.2, 0.25) is 5.91 Å². The van der Waals surface area contributed by atoms with E-state index in [0.29, 0.717) is 47.3 Å². The van der Waals surface area contributed by atoms with Crippen LogP contribution in [0.1, 0.15) is 208 Å². The first-order chi connectivity index (χ1) is 34.9. The van der Waals surface area contributed by atoms with Crippen LogP contribution in [0, 0.1) is 102 Å². The van der Waals surface area contributed by atoms with Crippen LogP contribution in [0.5, 0.6) is 0 Å². The van der Waals surface area contributed by atoms with Crippen LogP contribution < -0.4 is 5.48 Å². The predicted molar refractivity (Wildman–Crippen MR) is 318 cm³/mol. The first-order valence-electron chi connectivity index (χ1n) is 29.1. The number of carbonyl (C=O) groups excluding carboxylic acids is 1. The van der Waals surface area contributed by atoms with E-state index >= 15 is 0 Å². The molecule has 0 unspecified atom stereocenters. The second-order valence-electron chi connectivity index (χ2n) is 29.8. The Morgan fingerprint density at radius 3 is 1.35 bits per heavy atom. The molecule has 9 nitrogen and oxygen atoms in total. The van der Waals surface area contributed by atoms with Gasteiger partial charge < -0.3 is 14.2 Å². The van der Waals surface area contributed by atoms with Crippen molar-refractivity contribution in [3.8, 4) is 0 Å². The summed E-state index contributed by atoms with van der Waals surface area (Å²) in [5.74, 6) is 6.19. The number of carboxylic acids is 1. The minimum absolute atomic E-state index is 0.000553. The third-order valence-corrected chi connectivity index (χ3v) is 27.0. The Labute approximate surface area is 488 Å². The van der Waals surface area contributed by atoms with Crippen molar-refractivity contribution in [3.63, 3.8) is 0 Å². The molecule has 12 rings (SSSR count). The molecule has 75 heavy (non-hydrogen) atoms. The van der Waals surface area contributed by atoms with Gasteiger partial charge in [-0.25, -0.2) is 5.48 Å². The van der Waals surface area contributed by atoms with Crippen molar-refractivity contribution in [1.82, 2.24) is 15.8 Å². The molecule has 3 N–H and O–H groups in total. The van der Waals surface area contributed by atoms with Gasteiger partial charge in [-0.1, -0.05) is 104 Å². The normalized spacial score (nSPS) is 47.0. The van der Waals surface area contributed by atoms with Gasteiger partial charge in [-0.3, -0.25) is 14.8 Å². The Balaban J connectivity index is 0.000000160. The number of hydrogen-bond donors (Lipinski definition) is 3. The predicted octanol–water partition coefficient (Wildman–Crippen LogP) is 16.9. The van der Waals surface area contributed by atoms with Gasteiger partial charge in [0, 0.05) is 22.0 Å². The Morgan fingerprint density at radius 1 is 0.573 bits per heavy atom. The first-order valence-corrected chi connectivity index (χ1v) is 42.6. The average Bonchev–Trinajstić information content (AvgIpc) is 4.15. The van der Waals surface area contributed by atoms with Crippen molar-refractivity contribution in [2.45, 2.75) is 209 Å². The molecule has 10 aliphatic rings. The van der Waals surface area contributed by atoms with Gasteiger partial charge in [-0.05, 0) is 221 Å². The molecule has 0 aliphatic heterocycles. The number of allylic oxidation sites excluding steroid dienone is 2. The molecule has 8 saturated carbocycles. The molecule has 0 aromatic carbocycles. The molecule has 8 fully saturated rings. The van der Waals surface area contributed by atoms with Crippen molar-refractivity contribution in [3.05, 3.63) is 59.3 Å². The minimum atomic E-state index is -0.539. The number of halogens is 3. The van der Waals surface area contributed by atoms with Crippen LogP contribution in [0.4, 0.5) is 0 Å². The molecule has 0 bridgehead atoms. The fourth-order valence-corrected chi connectivity index (χ4v) is 23.7. The molecule has 10 aliphatic carbocycles. The average molecular weight is 1410 g/mol. The SMILES string of the molecule is C=C(C)[C@@H]1CC[C@]2(C(=O)NO)CC[C@]3(C)[C@H](CC[C@@H]4[C@@]5(C)Cc6cnoc6C(C)(C)[C@@H]5CC[C@]43C)[C@@H]12.C=C(C)[C@@H]1CC[C@]2(C(=O)O)CC[C@]3(C)[C@H](CC[C@@H]4[C@@]5(C)Cc6cnoc6C(C)(C)[C@@H]5CC[C@]43C)[C@@H]12.[I][V]([I])[I]. The second kappa shape index (κ2) is 19.3. The number of amides is 1. The van der Waals surface area contributed by atoms with Crippen LogP contribution >= 0.6 is 59.9 Å². The third kappa shape index (κ3) is 7.96. The van der Waals surface area contributed by atoms with Crippen LogP contribution in [0.3, 0.4) is 0 Å². The zero-order valence-corrected chi connectivity index (χ0v) is 55.4. The summed E-state index contributed by atoms with van der Waals surface area (Å²) in [6.07, 6.45) is 23.4. The molecule has 0 saturated heterocycles. The summed E-state index contributed by atoms with van der Waals surface area (Å²) >= 11 is 7.39. The second-order valence-corrected chi connectivity index (χ2v) is 65.1. The van der Waals surface area contributed by atoms with E-state index in [4.69, 9.17) is 9.05 Å². The number of hydroxylamine groups is 1. The molecule has 2 aromatic heterocycles. The molecular formula is C62H91I3N3O6V. The number of carboxylic acid groups (broad SMARTS) is 1. The van der Waals surface area contributed by atoms with E-state index < -0.39 is 16.8 Å². The number of aliphatic carboxylic acids is 1. The van der Waals surface area contributed by atoms with Crippen LogP contribution in [0.25, 0.3) is 0 Å². The van der Waals surface area contributed by atoms with E-state index in [-0.39, 0.29) is 66.0 Å². The van der Waals surface area contributed by atoms with E-state index in [1.807, 2.05) is 12.4 Å². The summed E-state index contributed by atoms with van der Waals surface area (Å²) in [5.41, 5.74) is 7.38. The maximum absolute atomic E-state index is 13.3. The zero-order chi connectivity index (χ0) is 54.6. The topological polar surface area (TPSA) is 139 Å². The van der Waals surface area contributed by atoms with Crippen LogP contribution in [0.2, 0.25) is 0 Å². The molecule has 0 spiro atoms. The third-order valence-electron chi connectivity index (χ3n) is 27.0. The number of carbonyl (C=O) groups is 2. The fourth-order valence-electron chi connectivity index (χ4n) is 23.7. The molecule has 1 amide bonds. The summed E-state index contributed by atoms with van der Waals surface area (Å²) < 4.78 is 11.7. The summed E-state index contributed by atoms with van der Waals surface area (Å²) in [4.78, 5) is 25.8. The molecular weight excluding hydrogens is 1310 g/mol. The number of nitrogens with zero attached hydrogens (tertiary/aromatic N) is 2. The number of aromatic nitrogens is 2. The van der Waals surface area contributed by atoms with E-state index in [9.17, 15) is 19.9 Å². The van der Waals surface area contributed by atoms with Gasteiger partial charge in [0.1, 0.15) is 11.5 Å². The van der Waals surface area contributed by atoms with Gasteiger partial charge in [0.05, 0.1) is 23.2 Å². The standard InChI is InChI=1S/C31H46N2O3.C31H45NO3.3HI.V/c1-18(2)20-10-13-31(26(34)33-35)15-14-29(6)21(24(20)31)8-9-23-28(5)16-19-17-32-36-25(19)27(3,4)22(28)11-12-30(23,29)7;1-18(2)20-10-13-31(26(33)34)15-14-29(6)21(24(20)31)8-9-23-28(5)16-19-17-32-35-25(19)27(3,4)22(28)11-12-30(23,29)7;;;;/h17,20-24,35H,1,8-16H2,2-7H3,(H,33,34);17,20-24H,1,8-16H2,2-7H3,(H,33,34);3*1H;/q;;;;;+3/p-3/t2*20-,21+,22-,23+,24+,28-,29+,30+,31-;;;;/m00..../s1. The Morgan fingerprint density at radius 2 is 0.960 bits per heavy atom. The van der Waals surface area contributed by atoms with Crippen LogP contribution in [-0.2, 0) is 38.2 Å². The Bertz CT molecular complexity index is 2610. The fraction of sp³-hybridized carbons (Fsp3) is 0.806. The van der Waals surface area contributed by atoms with Gasteiger partial charge in [0.25, 0.3) is 0 Å².